The summed E-state index contributed by atoms with van der Waals surface area (Å²) in [6.07, 6.45) is 3.03. The number of nitrogens with two attached hydrogens (primary N) is 1. The summed E-state index contributed by atoms with van der Waals surface area (Å²) in [4.78, 5) is 0.523. The van der Waals surface area contributed by atoms with E-state index < -0.39 is 10.0 Å². The maximum absolute atomic E-state index is 12.4. The van der Waals surface area contributed by atoms with Crippen molar-refractivity contribution in [2.24, 2.45) is 17.6 Å². The largest absolute Gasteiger partial charge is 0.389 e. The van der Waals surface area contributed by atoms with Crippen LogP contribution in [0.3, 0.4) is 0 Å². The Labute approximate surface area is 132 Å². The molecule has 1 fully saturated rings. The van der Waals surface area contributed by atoms with Crippen LogP contribution in [-0.4, -0.2) is 19.4 Å². The van der Waals surface area contributed by atoms with Crippen LogP contribution in [0.1, 0.15) is 38.7 Å². The zero-order chi connectivity index (χ0) is 15.6. The van der Waals surface area contributed by atoms with Crippen LogP contribution in [0, 0.1) is 11.8 Å². The van der Waals surface area contributed by atoms with Gasteiger partial charge in [0, 0.05) is 11.6 Å². The fourth-order valence-electron chi connectivity index (χ4n) is 2.91. The molecule has 0 radical (unpaired) electrons. The average Bonchev–Trinajstić information content (AvgIpc) is 2.42. The molecule has 21 heavy (non-hydrogen) atoms. The van der Waals surface area contributed by atoms with Crippen molar-refractivity contribution in [3.63, 3.8) is 0 Å². The van der Waals surface area contributed by atoms with E-state index in [-0.39, 0.29) is 15.9 Å². The predicted molar refractivity (Wildman–Crippen MR) is 88.6 cm³/mol. The third-order valence-electron chi connectivity index (χ3n) is 4.19. The van der Waals surface area contributed by atoms with Gasteiger partial charge in [0.2, 0.25) is 10.0 Å². The van der Waals surface area contributed by atoms with Gasteiger partial charge in [-0.05, 0) is 43.2 Å². The number of benzene rings is 1. The molecule has 0 amide bonds. The summed E-state index contributed by atoms with van der Waals surface area (Å²) in [5, 5.41) is 0. The fourth-order valence-corrected chi connectivity index (χ4v) is 4.42. The van der Waals surface area contributed by atoms with Crippen molar-refractivity contribution >= 4 is 27.2 Å². The normalized spacial score (nSPS) is 26.5. The molecule has 1 aliphatic carbocycles. The SMILES string of the molecule is CC1CCC(NS(=O)(=O)c2ccc(C(N)=S)cc2)C(C)C1. The van der Waals surface area contributed by atoms with Crippen molar-refractivity contribution in [1.29, 1.82) is 0 Å². The van der Waals surface area contributed by atoms with Crippen LogP contribution in [0.15, 0.2) is 29.2 Å². The van der Waals surface area contributed by atoms with Crippen molar-refractivity contribution in [1.82, 2.24) is 4.72 Å². The third-order valence-corrected chi connectivity index (χ3v) is 5.93. The van der Waals surface area contributed by atoms with Gasteiger partial charge in [0.15, 0.2) is 0 Å². The molecule has 1 saturated carbocycles. The van der Waals surface area contributed by atoms with Gasteiger partial charge in [-0.2, -0.15) is 0 Å². The second kappa shape index (κ2) is 6.42. The van der Waals surface area contributed by atoms with Crippen molar-refractivity contribution in [2.75, 3.05) is 0 Å². The molecular weight excluding hydrogens is 304 g/mol. The maximum Gasteiger partial charge on any atom is 0.240 e. The molecule has 0 aliphatic heterocycles. The highest BCUT2D eigenvalue weighted by molar-refractivity contribution is 7.89. The summed E-state index contributed by atoms with van der Waals surface area (Å²) >= 11 is 4.87. The summed E-state index contributed by atoms with van der Waals surface area (Å²) in [6.45, 7) is 4.33. The molecule has 0 aromatic heterocycles. The molecule has 1 aromatic carbocycles. The number of hydrogen-bond donors (Lipinski definition) is 2. The Morgan fingerprint density at radius 2 is 1.86 bits per heavy atom. The second-order valence-electron chi connectivity index (χ2n) is 6.01. The molecule has 4 nitrogen and oxygen atoms in total. The lowest BCUT2D eigenvalue weighted by Crippen LogP contribution is -2.42. The van der Waals surface area contributed by atoms with Crippen LogP contribution in [0.25, 0.3) is 0 Å². The summed E-state index contributed by atoms with van der Waals surface area (Å²) in [7, 11) is -3.49. The van der Waals surface area contributed by atoms with Crippen LogP contribution in [-0.2, 0) is 10.0 Å². The highest BCUT2D eigenvalue weighted by Crippen LogP contribution is 2.29. The van der Waals surface area contributed by atoms with E-state index in [1.165, 1.54) is 0 Å². The molecule has 2 rings (SSSR count). The third kappa shape index (κ3) is 4.02. The Balaban J connectivity index is 2.13. The summed E-state index contributed by atoms with van der Waals surface area (Å²) < 4.78 is 27.7. The zero-order valence-corrected chi connectivity index (χ0v) is 14.0. The van der Waals surface area contributed by atoms with E-state index in [1.807, 2.05) is 0 Å². The minimum absolute atomic E-state index is 0.0152. The van der Waals surface area contributed by atoms with Gasteiger partial charge in [-0.3, -0.25) is 0 Å². The summed E-state index contributed by atoms with van der Waals surface area (Å²) in [6, 6.07) is 6.40. The number of nitrogens with one attached hydrogen (secondary N) is 1. The molecule has 116 valence electrons. The minimum Gasteiger partial charge on any atom is -0.389 e. The molecule has 3 unspecified atom stereocenters. The van der Waals surface area contributed by atoms with Gasteiger partial charge in [-0.15, -0.1) is 0 Å². The van der Waals surface area contributed by atoms with E-state index in [4.69, 9.17) is 18.0 Å². The molecule has 3 atom stereocenters. The first-order valence-corrected chi connectivity index (χ1v) is 9.11. The zero-order valence-electron chi connectivity index (χ0n) is 12.4. The number of rotatable bonds is 4. The van der Waals surface area contributed by atoms with Crippen molar-refractivity contribution in [2.45, 2.75) is 44.0 Å². The predicted octanol–water partition coefficient (Wildman–Crippen LogP) is 2.42. The van der Waals surface area contributed by atoms with E-state index in [0.29, 0.717) is 17.4 Å². The van der Waals surface area contributed by atoms with Crippen LogP contribution in [0.4, 0.5) is 0 Å². The average molecular weight is 326 g/mol. The van der Waals surface area contributed by atoms with E-state index in [1.54, 1.807) is 24.3 Å². The minimum atomic E-state index is -3.49. The van der Waals surface area contributed by atoms with E-state index >= 15 is 0 Å². The van der Waals surface area contributed by atoms with Crippen LogP contribution in [0.5, 0.6) is 0 Å². The Morgan fingerprint density at radius 1 is 1.24 bits per heavy atom. The Morgan fingerprint density at radius 3 is 2.38 bits per heavy atom. The molecule has 0 saturated heterocycles. The lowest BCUT2D eigenvalue weighted by atomic mass is 9.80. The molecular formula is C15H22N2O2S2. The molecule has 1 aromatic rings. The molecule has 0 bridgehead atoms. The lowest BCUT2D eigenvalue weighted by Gasteiger charge is -2.32. The quantitative estimate of drug-likeness (QED) is 0.834. The van der Waals surface area contributed by atoms with Gasteiger partial charge < -0.3 is 5.73 Å². The number of sulfonamides is 1. The van der Waals surface area contributed by atoms with Crippen LogP contribution < -0.4 is 10.5 Å². The van der Waals surface area contributed by atoms with Crippen molar-refractivity contribution < 1.29 is 8.42 Å². The van der Waals surface area contributed by atoms with E-state index in [0.717, 1.165) is 19.3 Å². The number of thiocarbonyl (C=S) groups is 1. The van der Waals surface area contributed by atoms with Crippen LogP contribution >= 0.6 is 12.2 Å². The molecule has 3 N–H and O–H groups in total. The fraction of sp³-hybridized carbons (Fsp3) is 0.533. The molecule has 6 heteroatoms. The summed E-state index contributed by atoms with van der Waals surface area (Å²) in [5.41, 5.74) is 6.19. The van der Waals surface area contributed by atoms with Crippen molar-refractivity contribution in [3.05, 3.63) is 29.8 Å². The van der Waals surface area contributed by atoms with E-state index in [2.05, 4.69) is 18.6 Å². The van der Waals surface area contributed by atoms with Gasteiger partial charge in [0.25, 0.3) is 0 Å². The standard InChI is InChI=1S/C15H22N2O2S2/c1-10-3-8-14(11(2)9-10)17-21(18,19)13-6-4-12(5-7-13)15(16)20/h4-7,10-11,14,17H,3,8-9H2,1-2H3,(H2,16,20). The smallest absolute Gasteiger partial charge is 0.240 e. The first-order valence-electron chi connectivity index (χ1n) is 7.22. The topological polar surface area (TPSA) is 72.2 Å². The summed E-state index contributed by atoms with van der Waals surface area (Å²) in [5.74, 6) is 1.03. The van der Waals surface area contributed by atoms with Gasteiger partial charge in [0.1, 0.15) is 4.99 Å². The van der Waals surface area contributed by atoms with Gasteiger partial charge in [-0.25, -0.2) is 13.1 Å². The Hall–Kier alpha value is -0.980. The van der Waals surface area contributed by atoms with Gasteiger partial charge >= 0.3 is 0 Å². The van der Waals surface area contributed by atoms with Gasteiger partial charge in [-0.1, -0.05) is 38.2 Å². The lowest BCUT2D eigenvalue weighted by molar-refractivity contribution is 0.249. The Kier molecular flexibility index (Phi) is 5.01. The van der Waals surface area contributed by atoms with Crippen molar-refractivity contribution in [3.8, 4) is 0 Å². The van der Waals surface area contributed by atoms with Crippen LogP contribution in [0.2, 0.25) is 0 Å². The highest BCUT2D eigenvalue weighted by atomic mass is 32.2. The first-order chi connectivity index (χ1) is 9.79. The second-order valence-corrected chi connectivity index (χ2v) is 8.17. The monoisotopic (exact) mass is 326 g/mol. The Bertz CT molecular complexity index is 611. The molecule has 1 aliphatic rings. The van der Waals surface area contributed by atoms with Gasteiger partial charge in [0.05, 0.1) is 4.90 Å². The first kappa shape index (κ1) is 16.4. The van der Waals surface area contributed by atoms with E-state index in [9.17, 15) is 8.42 Å². The molecule has 0 spiro atoms. The molecule has 0 heterocycles. The maximum atomic E-state index is 12.4. The number of hydrogen-bond acceptors (Lipinski definition) is 3. The highest BCUT2D eigenvalue weighted by Gasteiger charge is 2.29.